The molecule has 1 aliphatic rings. The topological polar surface area (TPSA) is 55.1 Å². The first-order valence-electron chi connectivity index (χ1n) is 6.10. The molecule has 1 aromatic rings. The van der Waals surface area contributed by atoms with Crippen molar-refractivity contribution >= 4 is 18.3 Å². The number of benzene rings is 1. The number of hydrogen-bond donors (Lipinski definition) is 2. The number of nitrogens with two attached hydrogens (primary N) is 1. The van der Waals surface area contributed by atoms with E-state index in [4.69, 9.17) is 5.73 Å². The number of rotatable bonds is 4. The average Bonchev–Trinajstić information content (AvgIpc) is 3.05. The van der Waals surface area contributed by atoms with Crippen LogP contribution in [0.3, 0.4) is 0 Å². The van der Waals surface area contributed by atoms with Gasteiger partial charge in [0.15, 0.2) is 0 Å². The van der Waals surface area contributed by atoms with Crippen LogP contribution >= 0.6 is 12.4 Å². The molecule has 1 fully saturated rings. The minimum absolute atomic E-state index is 0. The molecule has 0 spiro atoms. The summed E-state index contributed by atoms with van der Waals surface area (Å²) in [5, 5.41) is 2.93. The monoisotopic (exact) mass is 268 g/mol. The molecule has 0 heterocycles. The van der Waals surface area contributed by atoms with E-state index in [1.807, 2.05) is 31.2 Å². The molecule has 1 saturated carbocycles. The second kappa shape index (κ2) is 5.72. The van der Waals surface area contributed by atoms with Gasteiger partial charge in [0, 0.05) is 6.54 Å². The van der Waals surface area contributed by atoms with Gasteiger partial charge in [0.2, 0.25) is 5.91 Å². The van der Waals surface area contributed by atoms with Crippen molar-refractivity contribution in [3.63, 3.8) is 0 Å². The highest BCUT2D eigenvalue weighted by molar-refractivity contribution is 5.85. The number of carbonyl (C=O) groups excluding carboxylic acids is 1. The fraction of sp³-hybridized carbons (Fsp3) is 0.500. The second-order valence-electron chi connectivity index (χ2n) is 5.42. The Bertz CT molecular complexity index is 412. The Hall–Kier alpha value is -1.06. The molecule has 1 amide bonds. The molecule has 3 nitrogen and oxygen atoms in total. The fourth-order valence-corrected chi connectivity index (χ4v) is 1.73. The highest BCUT2D eigenvalue weighted by Crippen LogP contribution is 2.44. The van der Waals surface area contributed by atoms with Crippen molar-refractivity contribution in [1.82, 2.24) is 5.32 Å². The van der Waals surface area contributed by atoms with E-state index in [2.05, 4.69) is 12.2 Å². The molecule has 18 heavy (non-hydrogen) atoms. The standard InChI is InChI=1S/C14H20N2O.ClH/c1-10-3-5-11(6-4-10)12(15)13(17)16-9-14(2)7-8-14;/h3-6,12H,7-9,15H2,1-2H3,(H,16,17);1H. The predicted octanol–water partition coefficient (Wildman–Crippen LogP) is 2.33. The number of amides is 1. The quantitative estimate of drug-likeness (QED) is 0.881. The van der Waals surface area contributed by atoms with Gasteiger partial charge >= 0.3 is 0 Å². The molecule has 0 saturated heterocycles. The molecule has 0 aliphatic heterocycles. The van der Waals surface area contributed by atoms with Crippen molar-refractivity contribution in [1.29, 1.82) is 0 Å². The van der Waals surface area contributed by atoms with Crippen LogP contribution in [-0.4, -0.2) is 12.5 Å². The van der Waals surface area contributed by atoms with Crippen molar-refractivity contribution < 1.29 is 4.79 Å². The van der Waals surface area contributed by atoms with Crippen molar-refractivity contribution in [2.75, 3.05) is 6.54 Å². The van der Waals surface area contributed by atoms with Crippen molar-refractivity contribution in [3.8, 4) is 0 Å². The molecule has 1 aromatic carbocycles. The first kappa shape index (κ1) is 15.0. The lowest BCUT2D eigenvalue weighted by atomic mass is 10.0. The molecule has 1 aliphatic carbocycles. The number of hydrogen-bond acceptors (Lipinski definition) is 2. The Balaban J connectivity index is 0.00000162. The van der Waals surface area contributed by atoms with Crippen LogP contribution < -0.4 is 11.1 Å². The smallest absolute Gasteiger partial charge is 0.241 e. The zero-order chi connectivity index (χ0) is 12.5. The first-order valence-corrected chi connectivity index (χ1v) is 6.10. The summed E-state index contributed by atoms with van der Waals surface area (Å²) >= 11 is 0. The Labute approximate surface area is 115 Å². The van der Waals surface area contributed by atoms with Gasteiger partial charge in [-0.15, -0.1) is 12.4 Å². The predicted molar refractivity (Wildman–Crippen MR) is 75.7 cm³/mol. The van der Waals surface area contributed by atoms with E-state index in [0.717, 1.165) is 12.1 Å². The van der Waals surface area contributed by atoms with Crippen molar-refractivity contribution in [3.05, 3.63) is 35.4 Å². The van der Waals surface area contributed by atoms with Gasteiger partial charge in [0.1, 0.15) is 6.04 Å². The Kier molecular flexibility index (Phi) is 4.77. The maximum absolute atomic E-state index is 11.9. The molecule has 2 rings (SSSR count). The first-order chi connectivity index (χ1) is 8.00. The summed E-state index contributed by atoms with van der Waals surface area (Å²) < 4.78 is 0. The van der Waals surface area contributed by atoms with Crippen LogP contribution in [0.4, 0.5) is 0 Å². The van der Waals surface area contributed by atoms with Crippen LogP contribution in [0.2, 0.25) is 0 Å². The van der Waals surface area contributed by atoms with Crippen LogP contribution in [0, 0.1) is 12.3 Å². The molecule has 0 aromatic heterocycles. The number of carbonyl (C=O) groups is 1. The number of nitrogens with one attached hydrogen (secondary N) is 1. The third-order valence-corrected chi connectivity index (χ3v) is 3.51. The summed E-state index contributed by atoms with van der Waals surface area (Å²) in [6, 6.07) is 7.23. The van der Waals surface area contributed by atoms with E-state index >= 15 is 0 Å². The SMILES string of the molecule is Cc1ccc(C(N)C(=O)NCC2(C)CC2)cc1.Cl. The Morgan fingerprint density at radius 3 is 2.44 bits per heavy atom. The van der Waals surface area contributed by atoms with Gasteiger partial charge in [-0.3, -0.25) is 4.79 Å². The molecule has 1 atom stereocenters. The minimum Gasteiger partial charge on any atom is -0.354 e. The lowest BCUT2D eigenvalue weighted by Gasteiger charge is -2.15. The largest absolute Gasteiger partial charge is 0.354 e. The van der Waals surface area contributed by atoms with Gasteiger partial charge in [0.05, 0.1) is 0 Å². The normalized spacial score (nSPS) is 17.5. The van der Waals surface area contributed by atoms with Crippen LogP contribution in [0.25, 0.3) is 0 Å². The van der Waals surface area contributed by atoms with Gasteiger partial charge < -0.3 is 11.1 Å². The molecular weight excluding hydrogens is 248 g/mol. The average molecular weight is 269 g/mol. The summed E-state index contributed by atoms with van der Waals surface area (Å²) in [4.78, 5) is 11.9. The van der Waals surface area contributed by atoms with Crippen LogP contribution in [0.15, 0.2) is 24.3 Å². The van der Waals surface area contributed by atoms with Gasteiger partial charge in [-0.2, -0.15) is 0 Å². The van der Waals surface area contributed by atoms with E-state index in [1.54, 1.807) is 0 Å². The third-order valence-electron chi connectivity index (χ3n) is 3.51. The lowest BCUT2D eigenvalue weighted by molar-refractivity contribution is -0.122. The number of halogens is 1. The molecule has 1 unspecified atom stereocenters. The second-order valence-corrected chi connectivity index (χ2v) is 5.42. The summed E-state index contributed by atoms with van der Waals surface area (Å²) in [6.07, 6.45) is 2.40. The third kappa shape index (κ3) is 3.72. The maximum atomic E-state index is 11.9. The molecule has 0 bridgehead atoms. The Morgan fingerprint density at radius 1 is 1.39 bits per heavy atom. The highest BCUT2D eigenvalue weighted by Gasteiger charge is 2.37. The molecule has 4 heteroatoms. The van der Waals surface area contributed by atoms with Crippen LogP contribution in [0.5, 0.6) is 0 Å². The molecular formula is C14H21ClN2O. The lowest BCUT2D eigenvalue weighted by Crippen LogP contribution is -2.36. The highest BCUT2D eigenvalue weighted by atomic mass is 35.5. The summed E-state index contributed by atoms with van der Waals surface area (Å²) in [5.41, 5.74) is 8.29. The molecule has 3 N–H and O–H groups in total. The summed E-state index contributed by atoms with van der Waals surface area (Å²) in [7, 11) is 0. The van der Waals surface area contributed by atoms with Crippen molar-refractivity contribution in [2.45, 2.75) is 32.7 Å². The summed E-state index contributed by atoms with van der Waals surface area (Å²) in [6.45, 7) is 4.94. The molecule has 100 valence electrons. The van der Waals surface area contributed by atoms with E-state index in [-0.39, 0.29) is 18.3 Å². The fourth-order valence-electron chi connectivity index (χ4n) is 1.73. The van der Waals surface area contributed by atoms with Gasteiger partial charge in [0.25, 0.3) is 0 Å². The van der Waals surface area contributed by atoms with E-state index in [0.29, 0.717) is 5.41 Å². The maximum Gasteiger partial charge on any atom is 0.241 e. The Morgan fingerprint density at radius 2 is 1.94 bits per heavy atom. The zero-order valence-corrected chi connectivity index (χ0v) is 11.7. The zero-order valence-electron chi connectivity index (χ0n) is 10.9. The molecule has 0 radical (unpaired) electrons. The van der Waals surface area contributed by atoms with Crippen LogP contribution in [0.1, 0.15) is 36.9 Å². The van der Waals surface area contributed by atoms with E-state index < -0.39 is 6.04 Å². The minimum atomic E-state index is -0.557. The van der Waals surface area contributed by atoms with Gasteiger partial charge in [-0.25, -0.2) is 0 Å². The van der Waals surface area contributed by atoms with Crippen LogP contribution in [-0.2, 0) is 4.79 Å². The van der Waals surface area contributed by atoms with E-state index in [1.165, 1.54) is 18.4 Å². The van der Waals surface area contributed by atoms with E-state index in [9.17, 15) is 4.79 Å². The van der Waals surface area contributed by atoms with Gasteiger partial charge in [-0.1, -0.05) is 36.8 Å². The summed E-state index contributed by atoms with van der Waals surface area (Å²) in [5.74, 6) is -0.0815. The van der Waals surface area contributed by atoms with Gasteiger partial charge in [-0.05, 0) is 30.7 Å². The number of aryl methyl sites for hydroxylation is 1. The van der Waals surface area contributed by atoms with Crippen molar-refractivity contribution in [2.24, 2.45) is 11.1 Å².